The first-order valence-electron chi connectivity index (χ1n) is 9.80. The summed E-state index contributed by atoms with van der Waals surface area (Å²) in [6.45, 7) is 1.76. The second-order valence-corrected chi connectivity index (χ2v) is 6.50. The van der Waals surface area contributed by atoms with Crippen molar-refractivity contribution in [2.45, 2.75) is 96.5 Å². The van der Waals surface area contributed by atoms with Gasteiger partial charge in [-0.2, -0.15) is 0 Å². The monoisotopic (exact) mass is 342 g/mol. The van der Waals surface area contributed by atoms with Gasteiger partial charge in [-0.3, -0.25) is 4.79 Å². The number of hydrogen-bond donors (Lipinski definition) is 2. The minimum atomic E-state index is -0.963. The molecule has 0 saturated carbocycles. The molecule has 0 aromatic heterocycles. The maximum Gasteiger partial charge on any atom is 0.305 e. The molecule has 2 N–H and O–H groups in total. The highest BCUT2D eigenvalue weighted by atomic mass is 16.5. The molecular weight excluding hydrogens is 304 g/mol. The second kappa shape index (κ2) is 18.5. The first-order valence-corrected chi connectivity index (χ1v) is 9.80. The predicted octanol–water partition coefficient (Wildman–Crippen LogP) is 4.53. The molecule has 0 fully saturated rings. The van der Waals surface area contributed by atoms with Crippen LogP contribution in [0, 0.1) is 0 Å². The SMILES string of the molecule is CCCCCCCCC/C=C/CCCCCC(=O)OC[C@H](O)CO. The average molecular weight is 343 g/mol. The molecule has 0 spiro atoms. The molecule has 4 nitrogen and oxygen atoms in total. The lowest BCUT2D eigenvalue weighted by molar-refractivity contribution is -0.147. The zero-order chi connectivity index (χ0) is 17.9. The Morgan fingerprint density at radius 1 is 0.917 bits per heavy atom. The third-order valence-electron chi connectivity index (χ3n) is 4.04. The summed E-state index contributed by atoms with van der Waals surface area (Å²) in [7, 11) is 0. The lowest BCUT2D eigenvalue weighted by Crippen LogP contribution is -2.21. The fourth-order valence-electron chi connectivity index (χ4n) is 2.48. The van der Waals surface area contributed by atoms with Crippen LogP contribution in [-0.4, -0.2) is 35.5 Å². The highest BCUT2D eigenvalue weighted by Gasteiger charge is 2.07. The molecule has 142 valence electrons. The Bertz CT molecular complexity index is 302. The number of ether oxygens (including phenoxy) is 1. The van der Waals surface area contributed by atoms with E-state index >= 15 is 0 Å². The van der Waals surface area contributed by atoms with Crippen LogP contribution in [0.1, 0.15) is 90.4 Å². The molecule has 0 unspecified atom stereocenters. The largest absolute Gasteiger partial charge is 0.463 e. The van der Waals surface area contributed by atoms with E-state index in [-0.39, 0.29) is 19.2 Å². The third kappa shape index (κ3) is 17.5. The van der Waals surface area contributed by atoms with E-state index < -0.39 is 6.10 Å². The van der Waals surface area contributed by atoms with Crippen molar-refractivity contribution in [1.29, 1.82) is 0 Å². The molecule has 0 amide bonds. The molecule has 0 heterocycles. The number of unbranched alkanes of at least 4 members (excludes halogenated alkanes) is 10. The first-order chi connectivity index (χ1) is 11.7. The molecular formula is C20H38O4. The van der Waals surface area contributed by atoms with Crippen molar-refractivity contribution in [2.24, 2.45) is 0 Å². The van der Waals surface area contributed by atoms with Crippen molar-refractivity contribution in [3.63, 3.8) is 0 Å². The number of carbonyl (C=O) groups excluding carboxylic acids is 1. The Hall–Kier alpha value is -0.870. The quantitative estimate of drug-likeness (QED) is 0.231. The van der Waals surface area contributed by atoms with Crippen LogP contribution in [0.5, 0.6) is 0 Å². The van der Waals surface area contributed by atoms with Crippen molar-refractivity contribution in [1.82, 2.24) is 0 Å². The molecule has 4 heteroatoms. The molecule has 0 aliphatic carbocycles. The van der Waals surface area contributed by atoms with Crippen LogP contribution in [-0.2, 0) is 9.53 Å². The summed E-state index contributed by atoms with van der Waals surface area (Å²) < 4.78 is 4.85. The molecule has 24 heavy (non-hydrogen) atoms. The maximum atomic E-state index is 11.4. The van der Waals surface area contributed by atoms with Gasteiger partial charge < -0.3 is 14.9 Å². The van der Waals surface area contributed by atoms with Crippen molar-refractivity contribution in [3.8, 4) is 0 Å². The standard InChI is InChI=1S/C20H38O4/c1-2-3-4-5-6-7-8-9-10-11-12-13-14-15-16-20(23)24-18-19(22)17-21/h10-11,19,21-22H,2-9,12-18H2,1H3/b11-10+/t19-/m1/s1. The minimum absolute atomic E-state index is 0.114. The van der Waals surface area contributed by atoms with Gasteiger partial charge in [0.2, 0.25) is 0 Å². The van der Waals surface area contributed by atoms with Crippen molar-refractivity contribution in [3.05, 3.63) is 12.2 Å². The molecule has 0 aliphatic heterocycles. The summed E-state index contributed by atoms with van der Waals surface area (Å²) in [6.07, 6.45) is 18.7. The topological polar surface area (TPSA) is 66.8 Å². The Labute approximate surface area is 148 Å². The van der Waals surface area contributed by atoms with Gasteiger partial charge in [-0.1, -0.05) is 64.0 Å². The summed E-state index contributed by atoms with van der Waals surface area (Å²) >= 11 is 0. The van der Waals surface area contributed by atoms with Gasteiger partial charge in [0.15, 0.2) is 0 Å². The Morgan fingerprint density at radius 2 is 1.46 bits per heavy atom. The molecule has 0 rings (SSSR count). The van der Waals surface area contributed by atoms with Gasteiger partial charge in [-0.05, 0) is 32.1 Å². The zero-order valence-electron chi connectivity index (χ0n) is 15.5. The number of rotatable bonds is 17. The van der Waals surface area contributed by atoms with Crippen molar-refractivity contribution >= 4 is 5.97 Å². The first kappa shape index (κ1) is 23.1. The van der Waals surface area contributed by atoms with E-state index in [2.05, 4.69) is 19.1 Å². The fraction of sp³-hybridized carbons (Fsp3) is 0.850. The smallest absolute Gasteiger partial charge is 0.305 e. The summed E-state index contributed by atoms with van der Waals surface area (Å²) in [5.74, 6) is -0.294. The molecule has 0 aromatic carbocycles. The minimum Gasteiger partial charge on any atom is -0.463 e. The van der Waals surface area contributed by atoms with Crippen LogP contribution < -0.4 is 0 Å². The Balaban J connectivity index is 3.25. The van der Waals surface area contributed by atoms with Crippen molar-refractivity contribution < 1.29 is 19.7 Å². The number of allylic oxidation sites excluding steroid dienone is 2. The van der Waals surface area contributed by atoms with Gasteiger partial charge in [-0.25, -0.2) is 0 Å². The lowest BCUT2D eigenvalue weighted by Gasteiger charge is -2.08. The van der Waals surface area contributed by atoms with E-state index in [1.54, 1.807) is 0 Å². The highest BCUT2D eigenvalue weighted by molar-refractivity contribution is 5.69. The van der Waals surface area contributed by atoms with Crippen LogP contribution in [0.25, 0.3) is 0 Å². The Morgan fingerprint density at radius 3 is 2.04 bits per heavy atom. The van der Waals surface area contributed by atoms with E-state index in [1.165, 1.54) is 51.4 Å². The average Bonchev–Trinajstić information content (AvgIpc) is 2.59. The van der Waals surface area contributed by atoms with Crippen molar-refractivity contribution in [2.75, 3.05) is 13.2 Å². The van der Waals surface area contributed by atoms with E-state index in [9.17, 15) is 4.79 Å². The molecule has 0 radical (unpaired) electrons. The molecule has 0 aromatic rings. The van der Waals surface area contributed by atoms with E-state index in [4.69, 9.17) is 14.9 Å². The number of hydrogen-bond acceptors (Lipinski definition) is 4. The lowest BCUT2D eigenvalue weighted by atomic mass is 10.1. The van der Waals surface area contributed by atoms with Gasteiger partial charge in [0, 0.05) is 6.42 Å². The summed E-state index contributed by atoms with van der Waals surface area (Å²) in [6, 6.07) is 0. The van der Waals surface area contributed by atoms with Crippen LogP contribution in [0.15, 0.2) is 12.2 Å². The Kier molecular flexibility index (Phi) is 17.8. The summed E-state index contributed by atoms with van der Waals surface area (Å²) in [5.41, 5.74) is 0. The van der Waals surface area contributed by atoms with Crippen LogP contribution in [0.4, 0.5) is 0 Å². The van der Waals surface area contributed by atoms with Crippen LogP contribution >= 0.6 is 0 Å². The normalized spacial score (nSPS) is 12.6. The number of aliphatic hydroxyl groups is 2. The van der Waals surface area contributed by atoms with Gasteiger partial charge in [0.25, 0.3) is 0 Å². The van der Waals surface area contributed by atoms with Gasteiger partial charge in [0.1, 0.15) is 12.7 Å². The van der Waals surface area contributed by atoms with E-state index in [0.717, 1.165) is 25.7 Å². The second-order valence-electron chi connectivity index (χ2n) is 6.50. The number of aliphatic hydroxyl groups excluding tert-OH is 2. The van der Waals surface area contributed by atoms with Gasteiger partial charge in [-0.15, -0.1) is 0 Å². The molecule has 0 saturated heterocycles. The highest BCUT2D eigenvalue weighted by Crippen LogP contribution is 2.09. The fourth-order valence-corrected chi connectivity index (χ4v) is 2.48. The van der Waals surface area contributed by atoms with E-state index in [1.807, 2.05) is 0 Å². The predicted molar refractivity (Wildman–Crippen MR) is 98.9 cm³/mol. The summed E-state index contributed by atoms with van der Waals surface area (Å²) in [4.78, 5) is 11.4. The maximum absolute atomic E-state index is 11.4. The summed E-state index contributed by atoms with van der Waals surface area (Å²) in [5, 5.41) is 17.7. The van der Waals surface area contributed by atoms with Crippen LogP contribution in [0.2, 0.25) is 0 Å². The zero-order valence-corrected chi connectivity index (χ0v) is 15.5. The molecule has 0 aliphatic rings. The van der Waals surface area contributed by atoms with E-state index in [0.29, 0.717) is 6.42 Å². The van der Waals surface area contributed by atoms with Gasteiger partial charge in [0.05, 0.1) is 6.61 Å². The number of carbonyl (C=O) groups is 1. The van der Waals surface area contributed by atoms with Crippen LogP contribution in [0.3, 0.4) is 0 Å². The molecule has 0 bridgehead atoms. The molecule has 1 atom stereocenters. The van der Waals surface area contributed by atoms with Gasteiger partial charge >= 0.3 is 5.97 Å². The number of esters is 1. The third-order valence-corrected chi connectivity index (χ3v) is 4.04.